The number of piperazine rings is 1. The number of thiocarbonyl (C=S) groups is 1. The lowest BCUT2D eigenvalue weighted by molar-refractivity contribution is -0.137. The molecule has 0 aromatic heterocycles. The predicted molar refractivity (Wildman–Crippen MR) is 155 cm³/mol. The maximum Gasteiger partial charge on any atom is 0.417 e. The van der Waals surface area contributed by atoms with Crippen molar-refractivity contribution in [3.63, 3.8) is 0 Å². The summed E-state index contributed by atoms with van der Waals surface area (Å²) >= 11 is 5.70. The zero-order chi connectivity index (χ0) is 29.2. The van der Waals surface area contributed by atoms with Gasteiger partial charge in [-0.15, -0.1) is 0 Å². The molecule has 0 N–H and O–H groups in total. The number of likely N-dealkylation sites (N-methyl/N-ethyl adjacent to an activating group) is 1. The molecule has 0 radical (unpaired) electrons. The highest BCUT2D eigenvalue weighted by molar-refractivity contribution is 7.81. The number of hydrogen-bond acceptors (Lipinski definition) is 5. The Balaban J connectivity index is 1.55. The van der Waals surface area contributed by atoms with Crippen molar-refractivity contribution in [2.75, 3.05) is 49.1 Å². The number of halogens is 3. The van der Waals surface area contributed by atoms with Gasteiger partial charge in [0.25, 0.3) is 5.91 Å². The summed E-state index contributed by atoms with van der Waals surface area (Å²) in [6.45, 7) is 14.3. The summed E-state index contributed by atoms with van der Waals surface area (Å²) in [5, 5.41) is 9.26. The van der Waals surface area contributed by atoms with Gasteiger partial charge in [-0.2, -0.15) is 18.4 Å². The fraction of sp³-hybridized carbons (Fsp3) is 0.500. The van der Waals surface area contributed by atoms with Gasteiger partial charge in [0.2, 0.25) is 0 Å². The fourth-order valence-corrected chi connectivity index (χ4v) is 6.13. The first-order chi connectivity index (χ1) is 18.9. The molecule has 2 aromatic carbocycles. The van der Waals surface area contributed by atoms with Crippen LogP contribution in [0.2, 0.25) is 0 Å². The van der Waals surface area contributed by atoms with Crippen LogP contribution in [-0.2, 0) is 23.8 Å². The molecule has 40 heavy (non-hydrogen) atoms. The lowest BCUT2D eigenvalue weighted by atomic mass is 9.97. The zero-order valence-corrected chi connectivity index (χ0v) is 24.3. The van der Waals surface area contributed by atoms with Gasteiger partial charge in [0.05, 0.1) is 22.9 Å². The summed E-state index contributed by atoms with van der Waals surface area (Å²) < 4.78 is 40.9. The molecule has 0 saturated carbocycles. The minimum Gasteiger partial charge on any atom is -0.304 e. The molecule has 0 atom stereocenters. The van der Waals surface area contributed by atoms with Gasteiger partial charge in [-0.3, -0.25) is 9.69 Å². The Labute approximate surface area is 239 Å². The minimum atomic E-state index is -4.74. The van der Waals surface area contributed by atoms with Gasteiger partial charge in [0.1, 0.15) is 5.54 Å². The van der Waals surface area contributed by atoms with Crippen molar-refractivity contribution in [1.82, 2.24) is 9.80 Å². The van der Waals surface area contributed by atoms with Gasteiger partial charge < -0.3 is 14.7 Å². The van der Waals surface area contributed by atoms with Crippen molar-refractivity contribution >= 4 is 34.6 Å². The zero-order valence-electron chi connectivity index (χ0n) is 23.5. The summed E-state index contributed by atoms with van der Waals surface area (Å²) in [4.78, 5) is 21.4. The first-order valence-corrected chi connectivity index (χ1v) is 14.2. The van der Waals surface area contributed by atoms with Gasteiger partial charge in [-0.1, -0.05) is 19.9 Å². The number of alkyl halides is 3. The van der Waals surface area contributed by atoms with Crippen molar-refractivity contribution in [3.8, 4) is 6.07 Å². The van der Waals surface area contributed by atoms with Crippen molar-refractivity contribution < 1.29 is 18.0 Å². The lowest BCUT2D eigenvalue weighted by Crippen LogP contribution is -2.46. The molecular formula is C30H36F3N5OS. The largest absolute Gasteiger partial charge is 0.417 e. The first-order valence-electron chi connectivity index (χ1n) is 13.8. The molecule has 10 heteroatoms. The van der Waals surface area contributed by atoms with Crippen LogP contribution in [0.1, 0.15) is 56.4 Å². The van der Waals surface area contributed by atoms with E-state index in [9.17, 15) is 18.0 Å². The van der Waals surface area contributed by atoms with Crippen LogP contribution >= 0.6 is 12.2 Å². The van der Waals surface area contributed by atoms with Gasteiger partial charge in [0.15, 0.2) is 5.11 Å². The van der Waals surface area contributed by atoms with E-state index in [4.69, 9.17) is 17.5 Å². The molecule has 2 aliphatic heterocycles. The van der Waals surface area contributed by atoms with E-state index in [0.717, 1.165) is 86.8 Å². The van der Waals surface area contributed by atoms with Crippen LogP contribution < -0.4 is 9.80 Å². The molecule has 1 amide bonds. The molecule has 2 saturated heterocycles. The molecule has 2 fully saturated rings. The molecule has 0 aliphatic carbocycles. The standard InChI is InChI=1S/C30H36F3N5OS/c1-5-21-18-25(12-9-22(21)8-7-13-36-16-14-35(6-2)15-17-36)38-28(40)37(27(39)29(38,3)4)24-11-10-23(20-34)26(19-24)30(31,32)33/h9-12,18-19H,5-8,13-17H2,1-4H3. The molecule has 0 unspecified atom stereocenters. The fourth-order valence-electron chi connectivity index (χ4n) is 5.61. The van der Waals surface area contributed by atoms with Gasteiger partial charge in [-0.05, 0) is 99.9 Å². The van der Waals surface area contributed by atoms with Gasteiger partial charge >= 0.3 is 6.18 Å². The van der Waals surface area contributed by atoms with E-state index in [2.05, 4.69) is 29.7 Å². The number of nitriles is 1. The monoisotopic (exact) mass is 571 g/mol. The number of anilines is 2. The molecule has 2 heterocycles. The van der Waals surface area contributed by atoms with Crippen LogP contribution in [0.4, 0.5) is 24.5 Å². The van der Waals surface area contributed by atoms with Crippen molar-refractivity contribution in [1.29, 1.82) is 5.26 Å². The highest BCUT2D eigenvalue weighted by Crippen LogP contribution is 2.40. The van der Waals surface area contributed by atoms with Gasteiger partial charge in [-0.25, -0.2) is 0 Å². The molecule has 0 spiro atoms. The summed E-state index contributed by atoms with van der Waals surface area (Å²) in [5.41, 5.74) is 0.426. The topological polar surface area (TPSA) is 53.8 Å². The Bertz CT molecular complexity index is 1310. The number of nitrogens with zero attached hydrogens (tertiary/aromatic N) is 5. The summed E-state index contributed by atoms with van der Waals surface area (Å²) in [7, 11) is 0. The second kappa shape index (κ2) is 11.9. The van der Waals surface area contributed by atoms with Crippen molar-refractivity contribution in [2.45, 2.75) is 58.7 Å². The molecule has 2 aromatic rings. The van der Waals surface area contributed by atoms with E-state index in [0.29, 0.717) is 0 Å². The average Bonchev–Trinajstić information content (AvgIpc) is 3.11. The van der Waals surface area contributed by atoms with Crippen molar-refractivity contribution in [3.05, 3.63) is 58.7 Å². The molecule has 0 bridgehead atoms. The van der Waals surface area contributed by atoms with E-state index in [1.54, 1.807) is 24.8 Å². The Hall–Kier alpha value is -3.00. The third kappa shape index (κ3) is 5.87. The summed E-state index contributed by atoms with van der Waals surface area (Å²) in [6, 6.07) is 10.9. The van der Waals surface area contributed by atoms with E-state index in [1.165, 1.54) is 11.6 Å². The van der Waals surface area contributed by atoms with E-state index in [-0.39, 0.29) is 10.8 Å². The summed E-state index contributed by atoms with van der Waals surface area (Å²) in [6.07, 6.45) is -1.93. The maximum absolute atomic E-state index is 13.6. The molecule has 2 aliphatic rings. The van der Waals surface area contributed by atoms with Crippen molar-refractivity contribution in [2.24, 2.45) is 0 Å². The molecule has 6 nitrogen and oxygen atoms in total. The molecular weight excluding hydrogens is 535 g/mol. The first kappa shape index (κ1) is 30.0. The minimum absolute atomic E-state index is 0.0102. The third-order valence-corrected chi connectivity index (χ3v) is 8.38. The maximum atomic E-state index is 13.6. The van der Waals surface area contributed by atoms with Crippen LogP contribution in [0.15, 0.2) is 36.4 Å². The molecule has 214 valence electrons. The number of carbonyl (C=O) groups is 1. The van der Waals surface area contributed by atoms with Crippen LogP contribution in [0, 0.1) is 11.3 Å². The Morgan fingerprint density at radius 3 is 2.23 bits per heavy atom. The SMILES string of the molecule is CCc1cc(N2C(=S)N(c3ccc(C#N)c(C(F)(F)F)c3)C(=O)C2(C)C)ccc1CCCN1CCN(CC)CC1. The van der Waals surface area contributed by atoms with E-state index < -0.39 is 28.7 Å². The second-order valence-electron chi connectivity index (χ2n) is 10.8. The second-order valence-corrected chi connectivity index (χ2v) is 11.2. The van der Waals surface area contributed by atoms with Gasteiger partial charge in [0, 0.05) is 31.9 Å². The number of aryl methyl sites for hydroxylation is 2. The predicted octanol–water partition coefficient (Wildman–Crippen LogP) is 5.63. The summed E-state index contributed by atoms with van der Waals surface area (Å²) in [5.74, 6) is -0.430. The number of hydrogen-bond donors (Lipinski definition) is 0. The van der Waals surface area contributed by atoms with E-state index in [1.807, 2.05) is 12.1 Å². The number of amides is 1. The number of carbonyl (C=O) groups excluding carboxylic acids is 1. The van der Waals surface area contributed by atoms with E-state index >= 15 is 0 Å². The smallest absolute Gasteiger partial charge is 0.304 e. The normalized spacial score (nSPS) is 18.4. The Morgan fingerprint density at radius 2 is 1.62 bits per heavy atom. The third-order valence-electron chi connectivity index (χ3n) is 8.02. The Kier molecular flexibility index (Phi) is 8.88. The quantitative estimate of drug-likeness (QED) is 0.383. The van der Waals surface area contributed by atoms with Crippen LogP contribution in [0.25, 0.3) is 0 Å². The Morgan fingerprint density at radius 1 is 0.975 bits per heavy atom. The lowest BCUT2D eigenvalue weighted by Gasteiger charge is -2.34. The molecule has 4 rings (SSSR count). The number of benzene rings is 2. The number of rotatable bonds is 8. The van der Waals surface area contributed by atoms with Crippen LogP contribution in [0.5, 0.6) is 0 Å². The van der Waals surface area contributed by atoms with Crippen LogP contribution in [0.3, 0.4) is 0 Å². The van der Waals surface area contributed by atoms with Crippen LogP contribution in [-0.4, -0.2) is 65.6 Å². The highest BCUT2D eigenvalue weighted by atomic mass is 32.1. The highest BCUT2D eigenvalue weighted by Gasteiger charge is 2.50. The average molecular weight is 572 g/mol.